The summed E-state index contributed by atoms with van der Waals surface area (Å²) in [5, 5.41) is 34.2. The molecule has 2 heterocycles. The van der Waals surface area contributed by atoms with Gasteiger partial charge in [-0.2, -0.15) is 15.5 Å². The van der Waals surface area contributed by atoms with Crippen molar-refractivity contribution >= 4 is 47.3 Å². The predicted octanol–water partition coefficient (Wildman–Crippen LogP) is 7.63. The Bertz CT molecular complexity index is 2130. The summed E-state index contributed by atoms with van der Waals surface area (Å²) in [5.41, 5.74) is 3.17. The molecule has 4 aromatic rings. The Balaban J connectivity index is 0.000000166. The van der Waals surface area contributed by atoms with Crippen molar-refractivity contribution in [1.29, 1.82) is 10.5 Å². The van der Waals surface area contributed by atoms with E-state index < -0.39 is 0 Å². The second-order valence-electron chi connectivity index (χ2n) is 15.2. The van der Waals surface area contributed by atoms with Gasteiger partial charge in [-0.25, -0.2) is 24.5 Å². The van der Waals surface area contributed by atoms with Gasteiger partial charge in [0.05, 0.1) is 18.5 Å². The zero-order valence-electron chi connectivity index (χ0n) is 32.7. The summed E-state index contributed by atoms with van der Waals surface area (Å²) in [6.45, 7) is 0.585. The minimum Gasteiger partial charge on any atom is -0.473 e. The average Bonchev–Trinajstić information content (AvgIpc) is 3.20. The van der Waals surface area contributed by atoms with Crippen molar-refractivity contribution in [3.63, 3.8) is 0 Å². The van der Waals surface area contributed by atoms with Crippen LogP contribution < -0.4 is 15.4 Å². The van der Waals surface area contributed by atoms with Gasteiger partial charge < -0.3 is 30.0 Å². The van der Waals surface area contributed by atoms with Gasteiger partial charge in [-0.3, -0.25) is 0 Å². The molecule has 2 aromatic heterocycles. The fourth-order valence-corrected chi connectivity index (χ4v) is 8.82. The number of hydrogen-bond acceptors (Lipinski definition) is 14. The molecule has 59 heavy (non-hydrogen) atoms. The average molecular weight is 857 g/mol. The number of rotatable bonds is 10. The number of hydrogen-bond donors (Lipinski definition) is 3. The summed E-state index contributed by atoms with van der Waals surface area (Å²) in [5.74, 6) is 0.366. The highest BCUT2D eigenvalue weighted by Gasteiger charge is 2.55. The Hall–Kier alpha value is -5.13. The van der Waals surface area contributed by atoms with Crippen LogP contribution in [0, 0.1) is 33.5 Å². The lowest BCUT2D eigenvalue weighted by Gasteiger charge is -2.56. The molecule has 2 amide bonds. The number of nitrogens with zero attached hydrogens (tertiary/aromatic N) is 6. The molecule has 308 valence electrons. The van der Waals surface area contributed by atoms with Crippen LogP contribution >= 0.6 is 35.1 Å². The van der Waals surface area contributed by atoms with Crippen molar-refractivity contribution in [3.8, 4) is 18.0 Å². The molecule has 4 aliphatic carbocycles. The normalized spacial score (nSPS) is 24.2. The molecule has 4 fully saturated rings. The van der Waals surface area contributed by atoms with Crippen LogP contribution in [0.3, 0.4) is 0 Å². The lowest BCUT2D eigenvalue weighted by atomic mass is 9.53. The van der Waals surface area contributed by atoms with Gasteiger partial charge in [0.1, 0.15) is 42.6 Å². The van der Waals surface area contributed by atoms with E-state index in [9.17, 15) is 20.0 Å². The van der Waals surface area contributed by atoms with Crippen LogP contribution in [0.25, 0.3) is 0 Å². The highest BCUT2D eigenvalue weighted by molar-refractivity contribution is 7.98. The summed E-state index contributed by atoms with van der Waals surface area (Å²) in [6.07, 6.45) is 13.3. The number of carbonyl (C=O) groups excluding carboxylic acids is 2. The first-order chi connectivity index (χ1) is 28.5. The molecule has 0 unspecified atom stereocenters. The molecule has 0 saturated heterocycles. The smallest absolute Gasteiger partial charge is 0.407 e. The quantitative estimate of drug-likeness (QED) is 0.0797. The first-order valence-electron chi connectivity index (χ1n) is 19.1. The molecule has 0 radical (unpaired) electrons. The van der Waals surface area contributed by atoms with E-state index in [1.807, 2.05) is 79.2 Å². The molecule has 2 aromatic carbocycles. The monoisotopic (exact) mass is 856 g/mol. The number of nitrogens with one attached hydrogen (secondary N) is 2. The van der Waals surface area contributed by atoms with E-state index in [0.717, 1.165) is 62.5 Å². The third-order valence-electron chi connectivity index (χ3n) is 10.8. The van der Waals surface area contributed by atoms with Crippen molar-refractivity contribution in [3.05, 3.63) is 100 Å². The van der Waals surface area contributed by atoms with Crippen LogP contribution in [0.2, 0.25) is 5.15 Å². The maximum atomic E-state index is 12.0. The van der Waals surface area contributed by atoms with Crippen LogP contribution in [0.5, 0.6) is 5.88 Å². The Kier molecular flexibility index (Phi) is 14.9. The molecular formula is C42H45ClN8O6S2. The second kappa shape index (κ2) is 20.2. The first-order valence-corrected chi connectivity index (χ1v) is 21.9. The van der Waals surface area contributed by atoms with Crippen molar-refractivity contribution < 1.29 is 28.9 Å². The van der Waals surface area contributed by atoms with Crippen LogP contribution in [0.15, 0.2) is 83.4 Å². The molecule has 0 atom stereocenters. The van der Waals surface area contributed by atoms with Crippen LogP contribution in [0.1, 0.15) is 73.6 Å². The van der Waals surface area contributed by atoms with Crippen LogP contribution in [0.4, 0.5) is 9.59 Å². The number of aliphatic hydroxyl groups excluding tert-OH is 1. The van der Waals surface area contributed by atoms with Gasteiger partial charge in [0.25, 0.3) is 0 Å². The summed E-state index contributed by atoms with van der Waals surface area (Å²) in [4.78, 5) is 39.7. The van der Waals surface area contributed by atoms with Crippen LogP contribution in [-0.2, 0) is 22.7 Å². The van der Waals surface area contributed by atoms with Gasteiger partial charge in [-0.1, -0.05) is 95.8 Å². The number of alkyl carbamates (subject to hydrolysis) is 2. The van der Waals surface area contributed by atoms with Gasteiger partial charge in [0.15, 0.2) is 15.5 Å². The molecule has 4 saturated carbocycles. The molecule has 17 heteroatoms. The van der Waals surface area contributed by atoms with Gasteiger partial charge >= 0.3 is 12.2 Å². The molecule has 0 bridgehead atoms. The zero-order chi connectivity index (χ0) is 41.8. The number of ether oxygens (including phenoxy) is 3. The SMILES string of the molecule is CSc1ncc(C#N)c(Cl)n1.CSc1ncc(C#N)c(OC2CC3(CC(NC(=O)OCc4ccccc4)C3)C2)n1.O=C(NC1CC2(CC(O)C2)C1)OCc1ccccc1. The zero-order valence-corrected chi connectivity index (χ0v) is 35.1. The van der Waals surface area contributed by atoms with Crippen molar-refractivity contribution in [2.45, 2.75) is 99.2 Å². The lowest BCUT2D eigenvalue weighted by Crippen LogP contribution is -2.58. The van der Waals surface area contributed by atoms with Crippen molar-refractivity contribution in [2.75, 3.05) is 12.5 Å². The van der Waals surface area contributed by atoms with E-state index in [0.29, 0.717) is 39.3 Å². The number of carbonyl (C=O) groups is 2. The van der Waals surface area contributed by atoms with Crippen molar-refractivity contribution in [1.82, 2.24) is 30.6 Å². The summed E-state index contributed by atoms with van der Waals surface area (Å²) >= 11 is 8.42. The maximum absolute atomic E-state index is 12.0. The number of amides is 2. The van der Waals surface area contributed by atoms with E-state index in [2.05, 4.69) is 36.6 Å². The van der Waals surface area contributed by atoms with Gasteiger partial charge in [0, 0.05) is 12.1 Å². The largest absolute Gasteiger partial charge is 0.473 e. The van der Waals surface area contributed by atoms with Crippen LogP contribution in [-0.4, -0.2) is 74.0 Å². The van der Waals surface area contributed by atoms with E-state index >= 15 is 0 Å². The fraction of sp³-hybridized carbons (Fsp3) is 0.429. The minimum absolute atomic E-state index is 0.0534. The second-order valence-corrected chi connectivity index (χ2v) is 17.1. The molecule has 4 aliphatic rings. The maximum Gasteiger partial charge on any atom is 0.407 e. The third-order valence-corrected chi connectivity index (χ3v) is 12.2. The molecule has 8 rings (SSSR count). The summed E-state index contributed by atoms with van der Waals surface area (Å²) < 4.78 is 16.4. The Morgan fingerprint density at radius 1 is 0.746 bits per heavy atom. The minimum atomic E-state index is -0.370. The van der Waals surface area contributed by atoms with Gasteiger partial charge in [0.2, 0.25) is 5.88 Å². The molecular weight excluding hydrogens is 812 g/mol. The number of halogens is 1. The summed E-state index contributed by atoms with van der Waals surface area (Å²) in [7, 11) is 0. The number of aromatic nitrogens is 4. The third kappa shape index (κ3) is 12.0. The van der Waals surface area contributed by atoms with Gasteiger partial charge in [-0.15, -0.1) is 0 Å². The predicted molar refractivity (Wildman–Crippen MR) is 221 cm³/mol. The summed E-state index contributed by atoms with van der Waals surface area (Å²) in [6, 6.07) is 23.6. The fourth-order valence-electron chi connectivity index (χ4n) is 7.93. The van der Waals surface area contributed by atoms with E-state index in [-0.39, 0.29) is 53.7 Å². The van der Waals surface area contributed by atoms with E-state index in [4.69, 9.17) is 31.1 Å². The Morgan fingerprint density at radius 3 is 1.64 bits per heavy atom. The molecule has 14 nitrogen and oxygen atoms in total. The molecule has 2 spiro atoms. The highest BCUT2D eigenvalue weighted by atomic mass is 35.5. The van der Waals surface area contributed by atoms with E-state index in [1.165, 1.54) is 35.9 Å². The molecule has 3 N–H and O–H groups in total. The topological polar surface area (TPSA) is 205 Å². The van der Waals surface area contributed by atoms with Crippen molar-refractivity contribution in [2.24, 2.45) is 10.8 Å². The number of thioether (sulfide) groups is 2. The van der Waals surface area contributed by atoms with E-state index in [1.54, 1.807) is 0 Å². The molecule has 0 aliphatic heterocycles. The number of nitriles is 2. The Labute approximate surface area is 356 Å². The lowest BCUT2D eigenvalue weighted by molar-refractivity contribution is -0.0958. The Morgan fingerprint density at radius 2 is 1.20 bits per heavy atom. The highest BCUT2D eigenvalue weighted by Crippen LogP contribution is 2.57. The first kappa shape index (κ1) is 43.4. The standard InChI is InChI=1S/C21H22N4O3S.C15H19NO3.C6H4ClN3S/c1-29-19-23-12-15(11-22)18(25-19)28-17-9-21(10-17)7-16(8-21)24-20(26)27-13-14-5-3-2-4-6-14;17-13-8-15(9-13)6-12(7-15)16-14(18)19-10-11-4-2-1-3-5-11;1-11-6-9-3-4(2-8)5(7)10-6/h2-6,12,16-17H,7-10,13H2,1H3,(H,24,26);1-5,12-13,17H,6-10H2,(H,16,18);3H,1H3. The number of aliphatic hydroxyl groups is 1. The number of benzene rings is 2. The van der Waals surface area contributed by atoms with Gasteiger partial charge in [-0.05, 0) is 85.8 Å².